The molecule has 2 aromatic carbocycles. The zero-order chi connectivity index (χ0) is 14.8. The van der Waals surface area contributed by atoms with Crippen molar-refractivity contribution in [3.8, 4) is 11.5 Å². The highest BCUT2D eigenvalue weighted by Crippen LogP contribution is 2.17. The Bertz CT molecular complexity index is 496. The molecule has 0 heterocycles. The number of para-hydroxylation sites is 1. The second kappa shape index (κ2) is 8.90. The van der Waals surface area contributed by atoms with Crippen molar-refractivity contribution < 1.29 is 9.47 Å². The van der Waals surface area contributed by atoms with Gasteiger partial charge in [-0.3, -0.25) is 0 Å². The zero-order valence-corrected chi connectivity index (χ0v) is 12.5. The summed E-state index contributed by atoms with van der Waals surface area (Å²) in [5.74, 6) is 1.79. The van der Waals surface area contributed by atoms with Crippen LogP contribution in [0, 0.1) is 0 Å². The molecular formula is C18H23NO2. The predicted molar refractivity (Wildman–Crippen MR) is 87.3 cm³/mol. The number of anilines is 1. The molecular weight excluding hydrogens is 262 g/mol. The molecule has 0 spiro atoms. The summed E-state index contributed by atoms with van der Waals surface area (Å²) in [6.07, 6.45) is 1.98. The Labute approximate surface area is 126 Å². The third-order valence-electron chi connectivity index (χ3n) is 2.99. The lowest BCUT2D eigenvalue weighted by Crippen LogP contribution is -2.07. The second-order valence-electron chi connectivity index (χ2n) is 4.81. The number of ether oxygens (including phenoxy) is 2. The van der Waals surface area contributed by atoms with E-state index in [1.165, 1.54) is 0 Å². The highest BCUT2D eigenvalue weighted by Gasteiger charge is 1.96. The van der Waals surface area contributed by atoms with Crippen molar-refractivity contribution in [3.63, 3.8) is 0 Å². The van der Waals surface area contributed by atoms with Crippen molar-refractivity contribution >= 4 is 5.69 Å². The average Bonchev–Trinajstić information content (AvgIpc) is 2.55. The maximum atomic E-state index is 5.71. The average molecular weight is 285 g/mol. The topological polar surface area (TPSA) is 30.5 Å². The molecule has 1 N–H and O–H groups in total. The van der Waals surface area contributed by atoms with Crippen molar-refractivity contribution in [3.05, 3.63) is 54.6 Å². The summed E-state index contributed by atoms with van der Waals surface area (Å²) in [6.45, 7) is 4.46. The van der Waals surface area contributed by atoms with E-state index in [-0.39, 0.29) is 0 Å². The van der Waals surface area contributed by atoms with Gasteiger partial charge in [0.15, 0.2) is 0 Å². The minimum absolute atomic E-state index is 0.703. The molecule has 112 valence electrons. The van der Waals surface area contributed by atoms with E-state index in [1.54, 1.807) is 0 Å². The van der Waals surface area contributed by atoms with Gasteiger partial charge in [-0.15, -0.1) is 0 Å². The standard InChI is InChI=1S/C18H23NO2/c1-2-14-20-17-9-11-18(12-10-17)21-15-6-13-19-16-7-4-3-5-8-16/h3-5,7-12,19H,2,6,13-15H2,1H3. The summed E-state index contributed by atoms with van der Waals surface area (Å²) in [6, 6.07) is 18.0. The molecule has 21 heavy (non-hydrogen) atoms. The molecule has 3 heteroatoms. The molecule has 2 rings (SSSR count). The SMILES string of the molecule is CCCOc1ccc(OCCCNc2ccccc2)cc1. The molecule has 0 fully saturated rings. The van der Waals surface area contributed by atoms with E-state index in [4.69, 9.17) is 9.47 Å². The van der Waals surface area contributed by atoms with Crippen molar-refractivity contribution in [1.82, 2.24) is 0 Å². The quantitative estimate of drug-likeness (QED) is 0.694. The first-order chi connectivity index (χ1) is 10.4. The van der Waals surface area contributed by atoms with Crippen LogP contribution in [0.4, 0.5) is 5.69 Å². The Morgan fingerprint density at radius 3 is 2.05 bits per heavy atom. The summed E-state index contributed by atoms with van der Waals surface area (Å²) >= 11 is 0. The summed E-state index contributed by atoms with van der Waals surface area (Å²) in [7, 11) is 0. The fourth-order valence-electron chi connectivity index (χ4n) is 1.90. The molecule has 0 aromatic heterocycles. The van der Waals surface area contributed by atoms with E-state index >= 15 is 0 Å². The molecule has 0 atom stereocenters. The van der Waals surface area contributed by atoms with Crippen LogP contribution in [0.1, 0.15) is 19.8 Å². The van der Waals surface area contributed by atoms with Gasteiger partial charge in [0.05, 0.1) is 13.2 Å². The molecule has 0 aliphatic heterocycles. The zero-order valence-electron chi connectivity index (χ0n) is 12.5. The first-order valence-electron chi connectivity index (χ1n) is 7.53. The fourth-order valence-corrected chi connectivity index (χ4v) is 1.90. The van der Waals surface area contributed by atoms with Crippen LogP contribution in [0.25, 0.3) is 0 Å². The van der Waals surface area contributed by atoms with Gasteiger partial charge < -0.3 is 14.8 Å². The third-order valence-corrected chi connectivity index (χ3v) is 2.99. The number of hydrogen-bond acceptors (Lipinski definition) is 3. The Hall–Kier alpha value is -2.16. The smallest absolute Gasteiger partial charge is 0.119 e. The van der Waals surface area contributed by atoms with Crippen molar-refractivity contribution in [1.29, 1.82) is 0 Å². The van der Waals surface area contributed by atoms with Crippen LogP contribution in [0.2, 0.25) is 0 Å². The molecule has 0 aliphatic carbocycles. The van der Waals surface area contributed by atoms with Crippen LogP contribution in [-0.4, -0.2) is 19.8 Å². The van der Waals surface area contributed by atoms with Crippen LogP contribution in [-0.2, 0) is 0 Å². The summed E-state index contributed by atoms with van der Waals surface area (Å²) < 4.78 is 11.2. The van der Waals surface area contributed by atoms with Gasteiger partial charge in [-0.25, -0.2) is 0 Å². The van der Waals surface area contributed by atoms with Gasteiger partial charge in [0.2, 0.25) is 0 Å². The number of nitrogens with one attached hydrogen (secondary N) is 1. The van der Waals surface area contributed by atoms with E-state index in [0.717, 1.165) is 43.2 Å². The Balaban J connectivity index is 1.62. The number of benzene rings is 2. The molecule has 0 unspecified atom stereocenters. The van der Waals surface area contributed by atoms with E-state index in [1.807, 2.05) is 42.5 Å². The van der Waals surface area contributed by atoms with Gasteiger partial charge in [-0.2, -0.15) is 0 Å². The molecule has 0 radical (unpaired) electrons. The lowest BCUT2D eigenvalue weighted by molar-refractivity contribution is 0.307. The Kier molecular flexibility index (Phi) is 6.46. The highest BCUT2D eigenvalue weighted by molar-refractivity contribution is 5.42. The molecule has 0 aliphatic rings. The summed E-state index contributed by atoms with van der Waals surface area (Å²) in [5, 5.41) is 3.36. The highest BCUT2D eigenvalue weighted by atomic mass is 16.5. The number of rotatable bonds is 9. The summed E-state index contributed by atoms with van der Waals surface area (Å²) in [5.41, 5.74) is 1.15. The maximum Gasteiger partial charge on any atom is 0.119 e. The fraction of sp³-hybridized carbons (Fsp3) is 0.333. The van der Waals surface area contributed by atoms with Gasteiger partial charge in [0.25, 0.3) is 0 Å². The van der Waals surface area contributed by atoms with Gasteiger partial charge in [-0.1, -0.05) is 25.1 Å². The van der Waals surface area contributed by atoms with Crippen LogP contribution < -0.4 is 14.8 Å². The minimum atomic E-state index is 0.703. The van der Waals surface area contributed by atoms with E-state index < -0.39 is 0 Å². The predicted octanol–water partition coefficient (Wildman–Crippen LogP) is 4.36. The lowest BCUT2D eigenvalue weighted by Gasteiger charge is -2.09. The first kappa shape index (κ1) is 15.2. The van der Waals surface area contributed by atoms with E-state index in [2.05, 4.69) is 24.4 Å². The second-order valence-corrected chi connectivity index (χ2v) is 4.81. The minimum Gasteiger partial charge on any atom is -0.494 e. The molecule has 0 saturated carbocycles. The molecule has 0 saturated heterocycles. The summed E-state index contributed by atoms with van der Waals surface area (Å²) in [4.78, 5) is 0. The van der Waals surface area contributed by atoms with Gasteiger partial charge in [0, 0.05) is 12.2 Å². The molecule has 3 nitrogen and oxygen atoms in total. The van der Waals surface area contributed by atoms with Gasteiger partial charge >= 0.3 is 0 Å². The third kappa shape index (κ3) is 5.78. The van der Waals surface area contributed by atoms with Crippen LogP contribution >= 0.6 is 0 Å². The largest absolute Gasteiger partial charge is 0.494 e. The Morgan fingerprint density at radius 1 is 0.810 bits per heavy atom. The molecule has 0 bridgehead atoms. The van der Waals surface area contributed by atoms with E-state index in [0.29, 0.717) is 6.61 Å². The van der Waals surface area contributed by atoms with Gasteiger partial charge in [-0.05, 0) is 49.2 Å². The van der Waals surface area contributed by atoms with Crippen molar-refractivity contribution in [2.75, 3.05) is 25.1 Å². The van der Waals surface area contributed by atoms with Crippen LogP contribution in [0.15, 0.2) is 54.6 Å². The van der Waals surface area contributed by atoms with E-state index in [9.17, 15) is 0 Å². The van der Waals surface area contributed by atoms with Crippen LogP contribution in [0.3, 0.4) is 0 Å². The van der Waals surface area contributed by atoms with Crippen molar-refractivity contribution in [2.45, 2.75) is 19.8 Å². The first-order valence-corrected chi connectivity index (χ1v) is 7.53. The van der Waals surface area contributed by atoms with Crippen LogP contribution in [0.5, 0.6) is 11.5 Å². The number of hydrogen-bond donors (Lipinski definition) is 1. The molecule has 2 aromatic rings. The van der Waals surface area contributed by atoms with Crippen molar-refractivity contribution in [2.24, 2.45) is 0 Å². The maximum absolute atomic E-state index is 5.71. The normalized spacial score (nSPS) is 10.1. The molecule has 0 amide bonds. The Morgan fingerprint density at radius 2 is 1.43 bits per heavy atom. The lowest BCUT2D eigenvalue weighted by atomic mass is 10.3. The van der Waals surface area contributed by atoms with Gasteiger partial charge in [0.1, 0.15) is 11.5 Å². The monoisotopic (exact) mass is 285 g/mol.